The molecule has 6 heteroatoms. The molecule has 2 rings (SSSR count). The number of rotatable bonds is 25. The molecule has 2 aliphatic heterocycles. The van der Waals surface area contributed by atoms with E-state index in [1.807, 2.05) is 0 Å². The number of epoxide rings is 2. The van der Waals surface area contributed by atoms with E-state index in [4.69, 9.17) is 23.7 Å². The van der Waals surface area contributed by atoms with Crippen LogP contribution in [0, 0.1) is 5.41 Å². The van der Waals surface area contributed by atoms with Crippen molar-refractivity contribution in [3.05, 3.63) is 24.8 Å². The van der Waals surface area contributed by atoms with E-state index in [1.54, 1.807) is 6.08 Å². The number of hydrogen-bond acceptors (Lipinski definition) is 6. The van der Waals surface area contributed by atoms with Crippen LogP contribution in [0.3, 0.4) is 0 Å². The largest absolute Gasteiger partial charge is 0.465 e. The summed E-state index contributed by atoms with van der Waals surface area (Å²) in [5, 5.41) is 0. The maximum atomic E-state index is 12.3. The van der Waals surface area contributed by atoms with Crippen molar-refractivity contribution in [2.75, 3.05) is 39.6 Å². The molecule has 0 amide bonds. The first-order chi connectivity index (χ1) is 17.6. The molecule has 2 aliphatic rings. The van der Waals surface area contributed by atoms with Gasteiger partial charge in [-0.1, -0.05) is 70.6 Å². The molecule has 4 unspecified atom stereocenters. The molecule has 2 saturated heterocycles. The van der Waals surface area contributed by atoms with Crippen LogP contribution in [-0.4, -0.2) is 63.9 Å². The Balaban J connectivity index is 1.47. The van der Waals surface area contributed by atoms with Crippen molar-refractivity contribution in [2.45, 2.75) is 116 Å². The van der Waals surface area contributed by atoms with Crippen LogP contribution in [0.25, 0.3) is 0 Å². The highest BCUT2D eigenvalue weighted by Crippen LogP contribution is 2.30. The van der Waals surface area contributed by atoms with Gasteiger partial charge in [-0.05, 0) is 38.5 Å². The van der Waals surface area contributed by atoms with Crippen LogP contribution in [0.4, 0.5) is 0 Å². The maximum absolute atomic E-state index is 12.3. The molecule has 0 aromatic heterocycles. The van der Waals surface area contributed by atoms with Crippen molar-refractivity contribution in [3.63, 3.8) is 0 Å². The highest BCUT2D eigenvalue weighted by atomic mass is 16.6. The Morgan fingerprint density at radius 3 is 2.50 bits per heavy atom. The summed E-state index contributed by atoms with van der Waals surface area (Å²) in [7, 11) is 0. The SMILES string of the molecule is C=CCOCC(CC)(COCC1CO1)COC(=O)CCCCCCC/C=C\CC1OC1CCCCC. The standard InChI is InChI=1S/C30H52O6/c1-4-7-14-17-27-28(36-27)18-15-12-10-8-9-11-13-16-19-29(31)35-25-30(6-3,23-32-20-5-2)24-33-21-26-22-34-26/h5,12,15,26-28H,2,4,6-11,13-14,16-25H2,1,3H3/b15-12-. The van der Waals surface area contributed by atoms with Crippen LogP contribution in [0.5, 0.6) is 0 Å². The van der Waals surface area contributed by atoms with Crippen LogP contribution in [-0.2, 0) is 28.5 Å². The summed E-state index contributed by atoms with van der Waals surface area (Å²) < 4.78 is 28.2. The first-order valence-corrected chi connectivity index (χ1v) is 14.5. The molecule has 0 N–H and O–H groups in total. The van der Waals surface area contributed by atoms with Gasteiger partial charge in [0.15, 0.2) is 0 Å². The second kappa shape index (κ2) is 18.9. The minimum atomic E-state index is -0.331. The average Bonchev–Trinajstić information content (AvgIpc) is 3.81. The van der Waals surface area contributed by atoms with Crippen LogP contribution in [0.15, 0.2) is 24.8 Å². The van der Waals surface area contributed by atoms with Gasteiger partial charge in [0.2, 0.25) is 0 Å². The van der Waals surface area contributed by atoms with E-state index >= 15 is 0 Å². The van der Waals surface area contributed by atoms with Gasteiger partial charge in [-0.25, -0.2) is 0 Å². The van der Waals surface area contributed by atoms with Crippen molar-refractivity contribution in [1.82, 2.24) is 0 Å². The highest BCUT2D eigenvalue weighted by Gasteiger charge is 2.36. The zero-order valence-corrected chi connectivity index (χ0v) is 23.1. The van der Waals surface area contributed by atoms with Gasteiger partial charge >= 0.3 is 5.97 Å². The number of carbonyl (C=O) groups excluding carboxylic acids is 1. The molecule has 0 aromatic rings. The molecule has 6 nitrogen and oxygen atoms in total. The van der Waals surface area contributed by atoms with Crippen LogP contribution in [0.2, 0.25) is 0 Å². The van der Waals surface area contributed by atoms with E-state index < -0.39 is 0 Å². The van der Waals surface area contributed by atoms with Gasteiger partial charge in [-0.15, -0.1) is 6.58 Å². The van der Waals surface area contributed by atoms with Gasteiger partial charge in [0.1, 0.15) is 12.7 Å². The van der Waals surface area contributed by atoms with Crippen molar-refractivity contribution in [2.24, 2.45) is 5.41 Å². The lowest BCUT2D eigenvalue weighted by Gasteiger charge is -2.31. The Hall–Kier alpha value is -1.21. The predicted octanol–water partition coefficient (Wildman–Crippen LogP) is 6.57. The third-order valence-corrected chi connectivity index (χ3v) is 7.11. The zero-order chi connectivity index (χ0) is 25.9. The fourth-order valence-electron chi connectivity index (χ4n) is 4.31. The van der Waals surface area contributed by atoms with Crippen LogP contribution < -0.4 is 0 Å². The molecule has 2 fully saturated rings. The van der Waals surface area contributed by atoms with Gasteiger partial charge in [-0.2, -0.15) is 0 Å². The fourth-order valence-corrected chi connectivity index (χ4v) is 4.31. The lowest BCUT2D eigenvalue weighted by molar-refractivity contribution is -0.151. The van der Waals surface area contributed by atoms with Crippen molar-refractivity contribution in [1.29, 1.82) is 0 Å². The monoisotopic (exact) mass is 508 g/mol. The molecule has 0 radical (unpaired) electrons. The molecule has 2 heterocycles. The Morgan fingerprint density at radius 2 is 1.75 bits per heavy atom. The smallest absolute Gasteiger partial charge is 0.305 e. The van der Waals surface area contributed by atoms with E-state index in [1.165, 1.54) is 38.5 Å². The normalized spacial score (nSPS) is 22.4. The zero-order valence-electron chi connectivity index (χ0n) is 23.1. The van der Waals surface area contributed by atoms with Gasteiger partial charge in [-0.3, -0.25) is 4.79 Å². The quantitative estimate of drug-likeness (QED) is 0.0601. The van der Waals surface area contributed by atoms with Gasteiger partial charge in [0, 0.05) is 6.42 Å². The summed E-state index contributed by atoms with van der Waals surface area (Å²) in [5.41, 5.74) is -0.331. The molecular weight excluding hydrogens is 456 g/mol. The third-order valence-electron chi connectivity index (χ3n) is 7.11. The summed E-state index contributed by atoms with van der Waals surface area (Å²) in [4.78, 5) is 12.3. The lowest BCUT2D eigenvalue weighted by atomic mass is 9.88. The second-order valence-electron chi connectivity index (χ2n) is 10.5. The number of hydrogen-bond donors (Lipinski definition) is 0. The predicted molar refractivity (Wildman–Crippen MR) is 144 cm³/mol. The molecule has 0 saturated carbocycles. The van der Waals surface area contributed by atoms with E-state index in [0.29, 0.717) is 51.7 Å². The average molecular weight is 509 g/mol. The fraction of sp³-hybridized carbons (Fsp3) is 0.833. The Kier molecular flexibility index (Phi) is 16.3. The summed E-state index contributed by atoms with van der Waals surface area (Å²) >= 11 is 0. The number of esters is 1. The van der Waals surface area contributed by atoms with Crippen LogP contribution in [0.1, 0.15) is 97.3 Å². The molecule has 0 aromatic carbocycles. The summed E-state index contributed by atoms with van der Waals surface area (Å²) in [6, 6.07) is 0. The maximum Gasteiger partial charge on any atom is 0.305 e. The van der Waals surface area contributed by atoms with Crippen molar-refractivity contribution < 1.29 is 28.5 Å². The summed E-state index contributed by atoms with van der Waals surface area (Å²) in [6.07, 6.45) is 21.7. The first-order valence-electron chi connectivity index (χ1n) is 14.5. The van der Waals surface area contributed by atoms with E-state index in [-0.39, 0.29) is 17.5 Å². The number of allylic oxidation sites excluding steroid dienone is 1. The molecule has 0 spiro atoms. The molecule has 36 heavy (non-hydrogen) atoms. The molecule has 208 valence electrons. The van der Waals surface area contributed by atoms with E-state index in [2.05, 4.69) is 32.6 Å². The summed E-state index contributed by atoms with van der Waals surface area (Å²) in [6.45, 7) is 11.2. The van der Waals surface area contributed by atoms with Crippen molar-refractivity contribution >= 4 is 5.97 Å². The number of ether oxygens (including phenoxy) is 5. The van der Waals surface area contributed by atoms with Crippen LogP contribution >= 0.6 is 0 Å². The number of unbranched alkanes of at least 4 members (excludes halogenated alkanes) is 7. The summed E-state index contributed by atoms with van der Waals surface area (Å²) in [5.74, 6) is -0.125. The molecular formula is C30H52O6. The molecule has 0 aliphatic carbocycles. The lowest BCUT2D eigenvalue weighted by Crippen LogP contribution is -2.38. The minimum Gasteiger partial charge on any atom is -0.465 e. The first kappa shape index (κ1) is 31.0. The minimum absolute atomic E-state index is 0.125. The van der Waals surface area contributed by atoms with E-state index in [9.17, 15) is 4.79 Å². The number of carbonyl (C=O) groups is 1. The molecule has 4 atom stereocenters. The highest BCUT2D eigenvalue weighted by molar-refractivity contribution is 5.69. The Labute approximate surface area is 220 Å². The topological polar surface area (TPSA) is 69.8 Å². The van der Waals surface area contributed by atoms with Crippen molar-refractivity contribution in [3.8, 4) is 0 Å². The van der Waals surface area contributed by atoms with Gasteiger partial charge in [0.25, 0.3) is 0 Å². The van der Waals surface area contributed by atoms with Gasteiger partial charge in [0.05, 0.1) is 50.7 Å². The third kappa shape index (κ3) is 14.5. The molecule has 0 bridgehead atoms. The Bertz CT molecular complexity index is 617. The van der Waals surface area contributed by atoms with E-state index in [0.717, 1.165) is 45.1 Å². The Morgan fingerprint density at radius 1 is 0.972 bits per heavy atom. The second-order valence-corrected chi connectivity index (χ2v) is 10.5. The van der Waals surface area contributed by atoms with Gasteiger partial charge < -0.3 is 23.7 Å².